The molecule has 1 aliphatic heterocycles. The Bertz CT molecular complexity index is 510. The van der Waals surface area contributed by atoms with Crippen LogP contribution in [0.1, 0.15) is 32.6 Å². The number of amides is 1. The van der Waals surface area contributed by atoms with E-state index in [2.05, 4.69) is 11.8 Å². The van der Waals surface area contributed by atoms with E-state index < -0.39 is 5.97 Å². The summed E-state index contributed by atoms with van der Waals surface area (Å²) >= 11 is 0. The predicted octanol–water partition coefficient (Wildman–Crippen LogP) is 2.79. The van der Waals surface area contributed by atoms with Gasteiger partial charge in [0.2, 0.25) is 5.91 Å². The highest BCUT2D eigenvalue weighted by Gasteiger charge is 2.35. The summed E-state index contributed by atoms with van der Waals surface area (Å²) in [4.78, 5) is 27.2. The number of halogens is 1. The van der Waals surface area contributed by atoms with Crippen LogP contribution in [0.2, 0.25) is 0 Å². The van der Waals surface area contributed by atoms with Gasteiger partial charge in [-0.05, 0) is 44.5 Å². The molecule has 1 aromatic rings. The van der Waals surface area contributed by atoms with E-state index in [0.29, 0.717) is 6.42 Å². The summed E-state index contributed by atoms with van der Waals surface area (Å²) in [6.45, 7) is 4.39. The van der Waals surface area contributed by atoms with Crippen LogP contribution in [0.5, 0.6) is 0 Å². The molecule has 1 aromatic carbocycles. The van der Waals surface area contributed by atoms with E-state index in [0.717, 1.165) is 38.2 Å². The number of likely N-dealkylation sites (N-methyl/N-ethyl adjacent to an activating group) is 1. The zero-order valence-corrected chi connectivity index (χ0v) is 14.3. The Labute approximate surface area is 143 Å². The highest BCUT2D eigenvalue weighted by Crippen LogP contribution is 2.24. The molecule has 2 rings (SSSR count). The maximum Gasteiger partial charge on any atom is 0.303 e. The molecule has 0 saturated carbocycles. The van der Waals surface area contributed by atoms with Crippen molar-refractivity contribution in [1.82, 2.24) is 4.90 Å². The Morgan fingerprint density at radius 1 is 1.30 bits per heavy atom. The number of carbonyl (C=O) groups is 2. The molecule has 1 atom stereocenters. The second kappa shape index (κ2) is 9.53. The van der Waals surface area contributed by atoms with Crippen molar-refractivity contribution in [3.63, 3.8) is 0 Å². The number of carboxylic acids is 1. The van der Waals surface area contributed by atoms with Crippen molar-refractivity contribution in [2.75, 3.05) is 24.5 Å². The summed E-state index contributed by atoms with van der Waals surface area (Å²) in [6.07, 6.45) is 2.51. The Kier molecular flexibility index (Phi) is 8.06. The predicted molar refractivity (Wildman–Crippen MR) is 93.2 cm³/mol. The number of rotatable bonds is 8. The molecule has 6 heteroatoms. The van der Waals surface area contributed by atoms with Crippen LogP contribution in [0.4, 0.5) is 5.69 Å². The van der Waals surface area contributed by atoms with Crippen LogP contribution < -0.4 is 4.90 Å². The average Bonchev–Trinajstić information content (AvgIpc) is 2.90. The number of aliphatic carboxylic acids is 1. The largest absolute Gasteiger partial charge is 0.481 e. The minimum absolute atomic E-state index is 0. The van der Waals surface area contributed by atoms with Crippen LogP contribution in [0, 0.1) is 0 Å². The van der Waals surface area contributed by atoms with Crippen molar-refractivity contribution >= 4 is 30.0 Å². The van der Waals surface area contributed by atoms with Gasteiger partial charge in [0.1, 0.15) is 0 Å². The SMILES string of the molecule is CCN(CCCCC(=O)O)C1CCN(c2ccccc2)C1=O.Cl. The molecule has 0 bridgehead atoms. The second-order valence-corrected chi connectivity index (χ2v) is 5.61. The third-order valence-corrected chi connectivity index (χ3v) is 4.18. The second-order valence-electron chi connectivity index (χ2n) is 5.61. The molecular formula is C17H25ClN2O3. The Morgan fingerprint density at radius 3 is 2.61 bits per heavy atom. The number of hydrogen-bond acceptors (Lipinski definition) is 3. The molecule has 1 heterocycles. The van der Waals surface area contributed by atoms with Crippen LogP contribution in [-0.2, 0) is 9.59 Å². The maximum absolute atomic E-state index is 12.6. The van der Waals surface area contributed by atoms with Crippen molar-refractivity contribution in [3.8, 4) is 0 Å². The highest BCUT2D eigenvalue weighted by molar-refractivity contribution is 5.99. The van der Waals surface area contributed by atoms with Crippen molar-refractivity contribution in [1.29, 1.82) is 0 Å². The Hall–Kier alpha value is -1.59. The molecule has 0 aromatic heterocycles. The number of unbranched alkanes of at least 4 members (excludes halogenated alkanes) is 1. The van der Waals surface area contributed by atoms with Crippen LogP contribution in [0.3, 0.4) is 0 Å². The lowest BCUT2D eigenvalue weighted by Crippen LogP contribution is -2.42. The van der Waals surface area contributed by atoms with Crippen LogP contribution in [-0.4, -0.2) is 47.6 Å². The monoisotopic (exact) mass is 340 g/mol. The normalized spacial score (nSPS) is 17.4. The topological polar surface area (TPSA) is 60.9 Å². The first-order valence-electron chi connectivity index (χ1n) is 7.95. The number of carboxylic acid groups (broad SMARTS) is 1. The van der Waals surface area contributed by atoms with Crippen LogP contribution in [0.25, 0.3) is 0 Å². The van der Waals surface area contributed by atoms with Gasteiger partial charge in [-0.15, -0.1) is 12.4 Å². The summed E-state index contributed by atoms with van der Waals surface area (Å²) < 4.78 is 0. The number of anilines is 1. The number of hydrogen-bond donors (Lipinski definition) is 1. The first-order chi connectivity index (χ1) is 10.6. The summed E-state index contributed by atoms with van der Waals surface area (Å²) in [5.41, 5.74) is 0.955. The van der Waals surface area contributed by atoms with Gasteiger partial charge in [-0.2, -0.15) is 0 Å². The van der Waals surface area contributed by atoms with Gasteiger partial charge < -0.3 is 10.0 Å². The van der Waals surface area contributed by atoms with Gasteiger partial charge in [0.05, 0.1) is 6.04 Å². The highest BCUT2D eigenvalue weighted by atomic mass is 35.5. The van der Waals surface area contributed by atoms with Gasteiger partial charge >= 0.3 is 5.97 Å². The third-order valence-electron chi connectivity index (χ3n) is 4.18. The lowest BCUT2D eigenvalue weighted by atomic mass is 10.1. The third kappa shape index (κ3) is 5.22. The lowest BCUT2D eigenvalue weighted by molar-refractivity contribution is -0.137. The fraction of sp³-hybridized carbons (Fsp3) is 0.529. The number of benzene rings is 1. The molecule has 1 aliphatic rings. The molecule has 1 unspecified atom stereocenters. The molecule has 1 fully saturated rings. The first kappa shape index (κ1) is 19.5. The van der Waals surface area contributed by atoms with Crippen LogP contribution in [0.15, 0.2) is 30.3 Å². The quantitative estimate of drug-likeness (QED) is 0.739. The van der Waals surface area contributed by atoms with E-state index in [1.165, 1.54) is 0 Å². The minimum atomic E-state index is -0.754. The lowest BCUT2D eigenvalue weighted by Gasteiger charge is -2.26. The summed E-state index contributed by atoms with van der Waals surface area (Å²) in [5, 5.41) is 8.68. The Morgan fingerprint density at radius 2 is 2.00 bits per heavy atom. The van der Waals surface area contributed by atoms with E-state index in [1.54, 1.807) is 0 Å². The molecule has 23 heavy (non-hydrogen) atoms. The molecule has 5 nitrogen and oxygen atoms in total. The summed E-state index contributed by atoms with van der Waals surface area (Å²) in [5.74, 6) is -0.596. The van der Waals surface area contributed by atoms with Crippen molar-refractivity contribution in [2.45, 2.75) is 38.6 Å². The molecule has 0 radical (unpaired) electrons. The maximum atomic E-state index is 12.6. The summed E-state index contributed by atoms with van der Waals surface area (Å²) in [6, 6.07) is 9.68. The van der Waals surface area contributed by atoms with E-state index in [1.807, 2.05) is 35.2 Å². The van der Waals surface area contributed by atoms with Gasteiger partial charge in [-0.25, -0.2) is 0 Å². The zero-order chi connectivity index (χ0) is 15.9. The van der Waals surface area contributed by atoms with E-state index in [-0.39, 0.29) is 30.8 Å². The molecule has 0 aliphatic carbocycles. The van der Waals surface area contributed by atoms with E-state index in [4.69, 9.17) is 5.11 Å². The van der Waals surface area contributed by atoms with Crippen LogP contribution >= 0.6 is 12.4 Å². The van der Waals surface area contributed by atoms with Gasteiger partial charge in [0, 0.05) is 18.7 Å². The fourth-order valence-electron chi connectivity index (χ4n) is 2.99. The van der Waals surface area contributed by atoms with Gasteiger partial charge in [-0.1, -0.05) is 25.1 Å². The van der Waals surface area contributed by atoms with E-state index >= 15 is 0 Å². The number of para-hydroxylation sites is 1. The minimum Gasteiger partial charge on any atom is -0.481 e. The summed E-state index contributed by atoms with van der Waals surface area (Å²) in [7, 11) is 0. The molecular weight excluding hydrogens is 316 g/mol. The van der Waals surface area contributed by atoms with Gasteiger partial charge in [-0.3, -0.25) is 14.5 Å². The van der Waals surface area contributed by atoms with Crippen molar-refractivity contribution in [3.05, 3.63) is 30.3 Å². The van der Waals surface area contributed by atoms with Crippen molar-refractivity contribution in [2.24, 2.45) is 0 Å². The van der Waals surface area contributed by atoms with E-state index in [9.17, 15) is 9.59 Å². The zero-order valence-electron chi connectivity index (χ0n) is 13.5. The number of carbonyl (C=O) groups excluding carboxylic acids is 1. The molecule has 1 saturated heterocycles. The van der Waals surface area contributed by atoms with Gasteiger partial charge in [0.15, 0.2) is 0 Å². The molecule has 128 valence electrons. The molecule has 0 spiro atoms. The fourth-order valence-corrected chi connectivity index (χ4v) is 2.99. The first-order valence-corrected chi connectivity index (χ1v) is 7.95. The number of nitrogens with zero attached hydrogens (tertiary/aromatic N) is 2. The molecule has 1 N–H and O–H groups in total. The van der Waals surface area contributed by atoms with Crippen molar-refractivity contribution < 1.29 is 14.7 Å². The molecule has 1 amide bonds. The Balaban J connectivity index is 0.00000264. The smallest absolute Gasteiger partial charge is 0.303 e. The average molecular weight is 341 g/mol. The van der Waals surface area contributed by atoms with Gasteiger partial charge in [0.25, 0.3) is 0 Å². The standard InChI is InChI=1S/C17H24N2O3.ClH/c1-2-18(12-7-6-10-16(20)21)15-11-13-19(17(15)22)14-8-4-3-5-9-14;/h3-5,8-9,15H,2,6-7,10-13H2,1H3,(H,20,21);1H.